The third kappa shape index (κ3) is 10.7. The lowest BCUT2D eigenvalue weighted by Crippen LogP contribution is -2.61. The van der Waals surface area contributed by atoms with Gasteiger partial charge < -0.3 is 18.6 Å². The molecule has 4 nitrogen and oxygen atoms in total. The Balaban J connectivity index is 0.881. The smallest absolute Gasteiger partial charge is 0.252 e. The van der Waals surface area contributed by atoms with Gasteiger partial charge in [0.1, 0.15) is 11.2 Å². The second-order valence-electron chi connectivity index (χ2n) is 32.4. The minimum atomic E-state index is -0.237. The summed E-state index contributed by atoms with van der Waals surface area (Å²) >= 11 is 0. The highest BCUT2D eigenvalue weighted by atomic mass is 16.3. The lowest BCUT2D eigenvalue weighted by atomic mass is 9.33. The zero-order valence-electron chi connectivity index (χ0n) is 62.5. The molecule has 0 fully saturated rings. The fourth-order valence-electron chi connectivity index (χ4n) is 18.2. The Morgan fingerprint density at radius 1 is 0.264 bits per heavy atom. The van der Waals surface area contributed by atoms with Gasteiger partial charge in [0, 0.05) is 72.4 Å². The molecule has 0 aliphatic carbocycles. The van der Waals surface area contributed by atoms with Gasteiger partial charge in [-0.05, 0) is 219 Å². The second-order valence-corrected chi connectivity index (χ2v) is 32.4. The van der Waals surface area contributed by atoms with Gasteiger partial charge in [0.15, 0.2) is 0 Å². The molecule has 2 aliphatic rings. The summed E-state index contributed by atoms with van der Waals surface area (Å²) < 4.78 is 9.14. The Kier molecular flexibility index (Phi) is 14.9. The number of fused-ring (bicyclic) bond motifs is 13. The molecular formula is C105H78BN3O. The van der Waals surface area contributed by atoms with Crippen LogP contribution >= 0.6 is 0 Å². The fraction of sp³-hybridized carbons (Fsp3) is 0.0857. The lowest BCUT2D eigenvalue weighted by molar-refractivity contribution is 0.589. The highest BCUT2D eigenvalue weighted by Gasteiger charge is 2.45. The SMILES string of the molecule is CC(C)(C)c1ccc(C(c2ccc(C(C)(C)C)cc2)c2ccc3c(c2)N(c2cc(-c4ccccc4)cc(-c4ccccc4)c2)c2cc(-c4ccc5oc6ccccc6c5c4)cc4c2B3c2ccc(-c3ccc5c(c3)c3cccc6c7ccccc7n5c63)cc2N4c2cc(-c3ccccc3)cc(-c3ccccc3)c2)cc1. The third-order valence-corrected chi connectivity index (χ3v) is 23.7. The van der Waals surface area contributed by atoms with Crippen molar-refractivity contribution in [3.05, 3.63) is 386 Å². The summed E-state index contributed by atoms with van der Waals surface area (Å²) in [5, 5.41) is 7.23. The first-order valence-corrected chi connectivity index (χ1v) is 38.7. The van der Waals surface area contributed by atoms with Crippen LogP contribution in [0.4, 0.5) is 34.1 Å². The molecule has 0 N–H and O–H groups in total. The molecule has 19 aromatic rings. The molecule has 0 amide bonds. The molecule has 16 aromatic carbocycles. The summed E-state index contributed by atoms with van der Waals surface area (Å²) in [5.41, 5.74) is 35.6. The Hall–Kier alpha value is -13.2. The minimum Gasteiger partial charge on any atom is -0.456 e. The van der Waals surface area contributed by atoms with Gasteiger partial charge >= 0.3 is 0 Å². The Bertz CT molecular complexity index is 6670. The van der Waals surface area contributed by atoms with Crippen molar-refractivity contribution in [1.82, 2.24) is 4.40 Å². The molecule has 0 atom stereocenters. The molecule has 3 aromatic heterocycles. The van der Waals surface area contributed by atoms with E-state index in [0.29, 0.717) is 0 Å². The van der Waals surface area contributed by atoms with E-state index < -0.39 is 0 Å². The average molecular weight is 1410 g/mol. The van der Waals surface area contributed by atoms with Crippen LogP contribution in [0.5, 0.6) is 0 Å². The van der Waals surface area contributed by atoms with E-state index in [1.54, 1.807) is 0 Å². The van der Waals surface area contributed by atoms with Crippen molar-refractivity contribution < 1.29 is 4.42 Å². The molecule has 2 aliphatic heterocycles. The quantitative estimate of drug-likeness (QED) is 0.0953. The maximum absolute atomic E-state index is 6.65. The van der Waals surface area contributed by atoms with Crippen LogP contribution < -0.4 is 26.2 Å². The molecule has 0 bridgehead atoms. The monoisotopic (exact) mass is 1410 g/mol. The zero-order chi connectivity index (χ0) is 73.7. The van der Waals surface area contributed by atoms with Crippen LogP contribution in [0, 0.1) is 0 Å². The van der Waals surface area contributed by atoms with Gasteiger partial charge in [-0.3, -0.25) is 0 Å². The van der Waals surface area contributed by atoms with Gasteiger partial charge in [-0.25, -0.2) is 0 Å². The number of anilines is 6. The first-order valence-electron chi connectivity index (χ1n) is 38.7. The van der Waals surface area contributed by atoms with Crippen molar-refractivity contribution >= 4 is 117 Å². The van der Waals surface area contributed by atoms with Gasteiger partial charge in [0.25, 0.3) is 6.71 Å². The van der Waals surface area contributed by atoms with Crippen LogP contribution in [0.2, 0.25) is 0 Å². The van der Waals surface area contributed by atoms with Crippen LogP contribution in [0.1, 0.15) is 75.3 Å². The molecule has 0 spiro atoms. The summed E-state index contributed by atoms with van der Waals surface area (Å²) in [5.74, 6) is -0.116. The van der Waals surface area contributed by atoms with E-state index in [1.807, 2.05) is 0 Å². The number of benzene rings is 16. The van der Waals surface area contributed by atoms with Crippen molar-refractivity contribution in [2.75, 3.05) is 9.80 Å². The molecule has 0 radical (unpaired) electrons. The standard InChI is InChI=1S/C105H78BN3O/c1-104(2,3)81-46-38-70(39-47-81)101(71-40-48-82(49-41-71)105(4,5)6)75-43-51-92-96(63-75)108(84-58-78(68-28-15-9-16-29-68)55-79(59-84)69-30-17-10-18-31-69)98-65-80(73-45-53-100-90(61-73)86-33-20-22-37-99(86)110-100)64-97-102(98)106(92)91-50-42-74(72-44-52-94-89(60-72)88-35-23-34-87-85-32-19-21-36-93(85)109(94)103(87)88)62-95(91)107(97)83-56-76(66-24-11-7-12-25-66)54-77(57-83)67-26-13-8-14-27-67/h7-65,101H,1-6H3. The molecule has 5 heterocycles. The number of para-hydroxylation sites is 3. The van der Waals surface area contributed by atoms with Crippen molar-refractivity contribution in [2.45, 2.75) is 58.3 Å². The topological polar surface area (TPSA) is 24.0 Å². The Morgan fingerprint density at radius 3 is 1.20 bits per heavy atom. The normalized spacial score (nSPS) is 12.8. The number of nitrogens with zero attached hydrogens (tertiary/aromatic N) is 3. The molecule has 0 saturated carbocycles. The van der Waals surface area contributed by atoms with Crippen molar-refractivity contribution in [2.24, 2.45) is 0 Å². The minimum absolute atomic E-state index is 0.0223. The predicted molar refractivity (Wildman–Crippen MR) is 466 cm³/mol. The first-order chi connectivity index (χ1) is 53.8. The van der Waals surface area contributed by atoms with E-state index in [9.17, 15) is 0 Å². The van der Waals surface area contributed by atoms with E-state index >= 15 is 0 Å². The predicted octanol–water partition coefficient (Wildman–Crippen LogP) is 26.6. The van der Waals surface area contributed by atoms with Crippen LogP contribution in [0.15, 0.2) is 362 Å². The second kappa shape index (κ2) is 25.2. The van der Waals surface area contributed by atoms with Gasteiger partial charge in [0.05, 0.1) is 16.6 Å². The molecule has 21 rings (SSSR count). The van der Waals surface area contributed by atoms with Gasteiger partial charge in [-0.2, -0.15) is 0 Å². The van der Waals surface area contributed by atoms with E-state index in [-0.39, 0.29) is 23.5 Å². The lowest BCUT2D eigenvalue weighted by Gasteiger charge is -2.45. The fourth-order valence-corrected chi connectivity index (χ4v) is 18.2. The molecule has 5 heteroatoms. The summed E-state index contributed by atoms with van der Waals surface area (Å²) in [6.45, 7) is 13.6. The van der Waals surface area contributed by atoms with E-state index in [2.05, 4.69) is 414 Å². The van der Waals surface area contributed by atoms with Crippen LogP contribution in [0.25, 0.3) is 127 Å². The highest BCUT2D eigenvalue weighted by molar-refractivity contribution is 7.00. The van der Waals surface area contributed by atoms with Crippen LogP contribution in [-0.4, -0.2) is 11.1 Å². The molecule has 522 valence electrons. The van der Waals surface area contributed by atoms with Crippen LogP contribution in [-0.2, 0) is 10.8 Å². The van der Waals surface area contributed by atoms with Crippen LogP contribution in [0.3, 0.4) is 0 Å². The summed E-state index contributed by atoms with van der Waals surface area (Å²) in [4.78, 5) is 5.29. The Morgan fingerprint density at radius 2 is 0.655 bits per heavy atom. The summed E-state index contributed by atoms with van der Waals surface area (Å²) in [6, 6.07) is 136. The molecular weight excluding hydrogens is 1330 g/mol. The van der Waals surface area contributed by atoms with Crippen molar-refractivity contribution in [1.29, 1.82) is 0 Å². The Labute approximate surface area is 642 Å². The van der Waals surface area contributed by atoms with Gasteiger partial charge in [-0.1, -0.05) is 302 Å². The average Bonchev–Trinajstić information content (AvgIpc) is 0.855. The molecule has 0 saturated heterocycles. The highest BCUT2D eigenvalue weighted by Crippen LogP contribution is 2.52. The number of aromatic nitrogens is 1. The van der Waals surface area contributed by atoms with Crippen molar-refractivity contribution in [3.63, 3.8) is 0 Å². The number of hydrogen-bond acceptors (Lipinski definition) is 3. The third-order valence-electron chi connectivity index (χ3n) is 23.7. The van der Waals surface area contributed by atoms with Gasteiger partial charge in [-0.15, -0.1) is 0 Å². The number of hydrogen-bond donors (Lipinski definition) is 0. The maximum Gasteiger partial charge on any atom is 0.252 e. The van der Waals surface area contributed by atoms with E-state index in [1.165, 1.54) is 82.3 Å². The summed E-state index contributed by atoms with van der Waals surface area (Å²) in [7, 11) is 0. The molecule has 0 unspecified atom stereocenters. The number of furan rings is 1. The molecule has 110 heavy (non-hydrogen) atoms. The number of rotatable bonds is 11. The van der Waals surface area contributed by atoms with Crippen molar-refractivity contribution in [3.8, 4) is 66.8 Å². The van der Waals surface area contributed by atoms with E-state index in [4.69, 9.17) is 4.42 Å². The summed E-state index contributed by atoms with van der Waals surface area (Å²) in [6.07, 6.45) is 0. The largest absolute Gasteiger partial charge is 0.456 e. The van der Waals surface area contributed by atoms with Gasteiger partial charge in [0.2, 0.25) is 0 Å². The maximum atomic E-state index is 6.65. The first kappa shape index (κ1) is 65.1. The van der Waals surface area contributed by atoms with E-state index in [0.717, 1.165) is 123 Å². The zero-order valence-corrected chi connectivity index (χ0v) is 62.5.